The van der Waals surface area contributed by atoms with Crippen LogP contribution in [0.25, 0.3) is 6.08 Å². The fourth-order valence-corrected chi connectivity index (χ4v) is 4.22. The highest BCUT2D eigenvalue weighted by Crippen LogP contribution is 2.35. The molecule has 0 saturated carbocycles. The van der Waals surface area contributed by atoms with Crippen LogP contribution in [0.2, 0.25) is 5.02 Å². The van der Waals surface area contributed by atoms with Crippen molar-refractivity contribution in [2.75, 3.05) is 33.0 Å². The summed E-state index contributed by atoms with van der Waals surface area (Å²) in [5.41, 5.74) is 2.46. The molecule has 1 saturated heterocycles. The van der Waals surface area contributed by atoms with Crippen molar-refractivity contribution in [3.8, 4) is 11.5 Å². The Labute approximate surface area is 182 Å². The van der Waals surface area contributed by atoms with Gasteiger partial charge < -0.3 is 19.5 Å². The monoisotopic (exact) mass is 427 g/mol. The van der Waals surface area contributed by atoms with Crippen molar-refractivity contribution < 1.29 is 19.0 Å². The number of ether oxygens (including phenoxy) is 3. The van der Waals surface area contributed by atoms with Gasteiger partial charge in [-0.15, -0.1) is 0 Å². The molecule has 1 N–H and O–H groups in total. The van der Waals surface area contributed by atoms with E-state index in [-0.39, 0.29) is 17.9 Å². The van der Waals surface area contributed by atoms with E-state index in [0.29, 0.717) is 37.0 Å². The van der Waals surface area contributed by atoms with Gasteiger partial charge in [0.05, 0.1) is 12.2 Å². The summed E-state index contributed by atoms with van der Waals surface area (Å²) >= 11 is 6.08. The van der Waals surface area contributed by atoms with Gasteiger partial charge in [-0.2, -0.15) is 0 Å². The minimum absolute atomic E-state index is 0.113. The molecular weight excluding hydrogens is 402 g/mol. The first-order valence-electron chi connectivity index (χ1n) is 10.3. The highest BCUT2D eigenvalue weighted by Gasteiger charge is 2.35. The molecule has 2 heterocycles. The quantitative estimate of drug-likeness (QED) is 0.743. The Morgan fingerprint density at radius 1 is 1.17 bits per heavy atom. The lowest BCUT2D eigenvalue weighted by Crippen LogP contribution is -2.45. The fourth-order valence-electron chi connectivity index (χ4n) is 4.04. The lowest BCUT2D eigenvalue weighted by Gasteiger charge is -2.38. The summed E-state index contributed by atoms with van der Waals surface area (Å²) in [7, 11) is 0. The highest BCUT2D eigenvalue weighted by molar-refractivity contribution is 6.30. The number of amides is 1. The first-order chi connectivity index (χ1) is 14.6. The standard InChI is InChI=1S/C24H26ClNO4/c1-2-29-21-6-3-19(4-7-21)24(9-11-28-12-10-24)16-26-23(27)18-13-17-14-20(25)5-8-22(17)30-15-18/h3-8,13-14H,2,9-12,15-16H2,1H3,(H,26,27). The Balaban J connectivity index is 1.49. The van der Waals surface area contributed by atoms with Crippen LogP contribution in [0.15, 0.2) is 48.0 Å². The molecule has 0 aliphatic carbocycles. The number of nitrogens with one attached hydrogen (secondary N) is 1. The van der Waals surface area contributed by atoms with Crippen LogP contribution >= 0.6 is 11.6 Å². The predicted octanol–water partition coefficient (Wildman–Crippen LogP) is 4.38. The zero-order valence-electron chi connectivity index (χ0n) is 17.1. The number of fused-ring (bicyclic) bond motifs is 1. The summed E-state index contributed by atoms with van der Waals surface area (Å²) in [4.78, 5) is 12.9. The summed E-state index contributed by atoms with van der Waals surface area (Å²) in [6, 6.07) is 13.6. The Kier molecular flexibility index (Phi) is 6.30. The Hall–Kier alpha value is -2.50. The lowest BCUT2D eigenvalue weighted by atomic mass is 9.74. The molecule has 2 aromatic rings. The number of carbonyl (C=O) groups is 1. The third-order valence-electron chi connectivity index (χ3n) is 5.79. The van der Waals surface area contributed by atoms with Gasteiger partial charge >= 0.3 is 0 Å². The zero-order chi connectivity index (χ0) is 21.0. The van der Waals surface area contributed by atoms with Crippen molar-refractivity contribution in [2.24, 2.45) is 0 Å². The minimum atomic E-state index is -0.157. The Morgan fingerprint density at radius 2 is 1.93 bits per heavy atom. The maximum Gasteiger partial charge on any atom is 0.250 e. The first-order valence-corrected chi connectivity index (χ1v) is 10.7. The van der Waals surface area contributed by atoms with Crippen molar-refractivity contribution in [2.45, 2.75) is 25.2 Å². The molecule has 1 fully saturated rings. The number of benzene rings is 2. The Bertz CT molecular complexity index is 933. The number of halogens is 1. The van der Waals surface area contributed by atoms with E-state index in [2.05, 4.69) is 17.4 Å². The molecule has 6 heteroatoms. The van der Waals surface area contributed by atoms with Crippen LogP contribution in [0.1, 0.15) is 30.9 Å². The molecule has 0 bridgehead atoms. The normalized spacial score (nSPS) is 17.3. The molecule has 2 aromatic carbocycles. The van der Waals surface area contributed by atoms with E-state index in [0.717, 1.165) is 29.9 Å². The number of hydrogen-bond acceptors (Lipinski definition) is 4. The van der Waals surface area contributed by atoms with E-state index >= 15 is 0 Å². The van der Waals surface area contributed by atoms with Gasteiger partial charge in [0.25, 0.3) is 5.91 Å². The Morgan fingerprint density at radius 3 is 2.67 bits per heavy atom. The number of rotatable bonds is 6. The van der Waals surface area contributed by atoms with Gasteiger partial charge in [0, 0.05) is 35.8 Å². The zero-order valence-corrected chi connectivity index (χ0v) is 17.8. The molecule has 1 amide bonds. The molecule has 0 spiro atoms. The summed E-state index contributed by atoms with van der Waals surface area (Å²) in [5, 5.41) is 3.76. The highest BCUT2D eigenvalue weighted by atomic mass is 35.5. The second kappa shape index (κ2) is 9.11. The van der Waals surface area contributed by atoms with Gasteiger partial charge in [-0.25, -0.2) is 0 Å². The smallest absolute Gasteiger partial charge is 0.250 e. The molecule has 158 valence electrons. The first kappa shape index (κ1) is 20.8. The second-order valence-electron chi connectivity index (χ2n) is 7.67. The molecule has 2 aliphatic heterocycles. The van der Waals surface area contributed by atoms with Crippen LogP contribution in [0.3, 0.4) is 0 Å². The maximum absolute atomic E-state index is 12.9. The number of carbonyl (C=O) groups excluding carboxylic acids is 1. The molecule has 4 rings (SSSR count). The molecule has 0 unspecified atom stereocenters. The molecule has 0 radical (unpaired) electrons. The van der Waals surface area contributed by atoms with Crippen molar-refractivity contribution in [1.29, 1.82) is 0 Å². The number of hydrogen-bond donors (Lipinski definition) is 1. The topological polar surface area (TPSA) is 56.8 Å². The van der Waals surface area contributed by atoms with E-state index in [4.69, 9.17) is 25.8 Å². The van der Waals surface area contributed by atoms with Crippen molar-refractivity contribution >= 4 is 23.6 Å². The van der Waals surface area contributed by atoms with E-state index in [1.807, 2.05) is 37.3 Å². The average molecular weight is 428 g/mol. The van der Waals surface area contributed by atoms with Crippen LogP contribution in [0.5, 0.6) is 11.5 Å². The molecule has 0 atom stereocenters. The van der Waals surface area contributed by atoms with Gasteiger partial charge in [-0.05, 0) is 61.7 Å². The van der Waals surface area contributed by atoms with Gasteiger partial charge in [-0.1, -0.05) is 23.7 Å². The molecule has 5 nitrogen and oxygen atoms in total. The van der Waals surface area contributed by atoms with E-state index < -0.39 is 0 Å². The van der Waals surface area contributed by atoms with E-state index in [9.17, 15) is 4.79 Å². The molecule has 0 aromatic heterocycles. The minimum Gasteiger partial charge on any atom is -0.494 e. The summed E-state index contributed by atoms with van der Waals surface area (Å²) < 4.78 is 16.9. The van der Waals surface area contributed by atoms with Gasteiger partial charge in [-0.3, -0.25) is 4.79 Å². The van der Waals surface area contributed by atoms with Gasteiger partial charge in [0.2, 0.25) is 0 Å². The maximum atomic E-state index is 12.9. The van der Waals surface area contributed by atoms with Crippen LogP contribution in [0, 0.1) is 0 Å². The van der Waals surface area contributed by atoms with Crippen molar-refractivity contribution in [3.63, 3.8) is 0 Å². The predicted molar refractivity (Wildman–Crippen MR) is 117 cm³/mol. The summed E-state index contributed by atoms with van der Waals surface area (Å²) in [5.74, 6) is 1.48. The van der Waals surface area contributed by atoms with Crippen molar-refractivity contribution in [1.82, 2.24) is 5.32 Å². The lowest BCUT2D eigenvalue weighted by molar-refractivity contribution is -0.118. The fraction of sp³-hybridized carbons (Fsp3) is 0.375. The average Bonchev–Trinajstić information content (AvgIpc) is 2.78. The van der Waals surface area contributed by atoms with Crippen LogP contribution in [-0.2, 0) is 14.9 Å². The molecule has 30 heavy (non-hydrogen) atoms. The third kappa shape index (κ3) is 4.47. The summed E-state index contributed by atoms with van der Waals surface area (Å²) in [6.07, 6.45) is 3.57. The van der Waals surface area contributed by atoms with Gasteiger partial charge in [0.1, 0.15) is 18.1 Å². The van der Waals surface area contributed by atoms with Crippen LogP contribution in [0.4, 0.5) is 0 Å². The summed E-state index contributed by atoms with van der Waals surface area (Å²) in [6.45, 7) is 4.77. The molecular formula is C24H26ClNO4. The second-order valence-corrected chi connectivity index (χ2v) is 8.11. The van der Waals surface area contributed by atoms with Crippen LogP contribution in [-0.4, -0.2) is 38.9 Å². The molecule has 2 aliphatic rings. The van der Waals surface area contributed by atoms with Crippen molar-refractivity contribution in [3.05, 3.63) is 64.2 Å². The van der Waals surface area contributed by atoms with E-state index in [1.165, 1.54) is 5.56 Å². The largest absolute Gasteiger partial charge is 0.494 e. The van der Waals surface area contributed by atoms with E-state index in [1.54, 1.807) is 6.07 Å². The SMILES string of the molecule is CCOc1ccc(C2(CNC(=O)C3=Cc4cc(Cl)ccc4OC3)CCOCC2)cc1. The van der Waals surface area contributed by atoms with Crippen LogP contribution < -0.4 is 14.8 Å². The van der Waals surface area contributed by atoms with Gasteiger partial charge in [0.15, 0.2) is 0 Å². The third-order valence-corrected chi connectivity index (χ3v) is 6.03.